The zero-order valence-electron chi connectivity index (χ0n) is 11.3. The third-order valence-electron chi connectivity index (χ3n) is 4.48. The lowest BCUT2D eigenvalue weighted by molar-refractivity contribution is -0.145. The van der Waals surface area contributed by atoms with Gasteiger partial charge in [-0.1, -0.05) is 32.6 Å². The molecule has 0 aromatic heterocycles. The van der Waals surface area contributed by atoms with E-state index in [9.17, 15) is 9.90 Å². The highest BCUT2D eigenvalue weighted by Crippen LogP contribution is 2.35. The van der Waals surface area contributed by atoms with Gasteiger partial charge in [0.1, 0.15) is 5.54 Å². The molecular weight excluding hydrogens is 246 g/mol. The van der Waals surface area contributed by atoms with Gasteiger partial charge in [0.05, 0.1) is 0 Å². The van der Waals surface area contributed by atoms with Crippen LogP contribution in [0.3, 0.4) is 0 Å². The van der Waals surface area contributed by atoms with Crippen molar-refractivity contribution in [3.8, 4) is 0 Å². The molecule has 2 atom stereocenters. The largest absolute Gasteiger partial charge is 0.480 e. The number of carbonyl (C=O) groups is 1. The van der Waals surface area contributed by atoms with Gasteiger partial charge in [-0.25, -0.2) is 0 Å². The summed E-state index contributed by atoms with van der Waals surface area (Å²) in [6.07, 6.45) is 9.20. The van der Waals surface area contributed by atoms with Crippen LogP contribution in [0.15, 0.2) is 0 Å². The summed E-state index contributed by atoms with van der Waals surface area (Å²) >= 11 is 1.80. The molecule has 1 aliphatic heterocycles. The molecule has 1 aliphatic carbocycles. The van der Waals surface area contributed by atoms with Crippen LogP contribution < -0.4 is 5.32 Å². The van der Waals surface area contributed by atoms with Gasteiger partial charge in [-0.2, -0.15) is 11.8 Å². The van der Waals surface area contributed by atoms with Crippen LogP contribution in [0.4, 0.5) is 0 Å². The second-order valence-electron chi connectivity index (χ2n) is 5.73. The van der Waals surface area contributed by atoms with Crippen LogP contribution >= 0.6 is 11.8 Å². The summed E-state index contributed by atoms with van der Waals surface area (Å²) in [7, 11) is 0. The Morgan fingerprint density at radius 2 is 1.89 bits per heavy atom. The minimum atomic E-state index is -0.683. The molecule has 3 nitrogen and oxygen atoms in total. The summed E-state index contributed by atoms with van der Waals surface area (Å²) in [6, 6.07) is 0.407. The highest BCUT2D eigenvalue weighted by atomic mass is 32.2. The summed E-state index contributed by atoms with van der Waals surface area (Å²) in [6.45, 7) is 2.07. The topological polar surface area (TPSA) is 49.3 Å². The molecule has 4 heteroatoms. The van der Waals surface area contributed by atoms with Crippen molar-refractivity contribution in [2.45, 2.75) is 75.1 Å². The molecule has 2 fully saturated rings. The molecule has 104 valence electrons. The van der Waals surface area contributed by atoms with Crippen molar-refractivity contribution in [1.82, 2.24) is 5.32 Å². The van der Waals surface area contributed by atoms with E-state index in [1.165, 1.54) is 25.7 Å². The molecule has 2 unspecified atom stereocenters. The van der Waals surface area contributed by atoms with Gasteiger partial charge in [0.2, 0.25) is 0 Å². The summed E-state index contributed by atoms with van der Waals surface area (Å²) in [5.74, 6) is 0.453. The van der Waals surface area contributed by atoms with Gasteiger partial charge >= 0.3 is 5.97 Å². The Labute approximate surface area is 114 Å². The Morgan fingerprint density at radius 1 is 1.22 bits per heavy atom. The van der Waals surface area contributed by atoms with Crippen LogP contribution in [0, 0.1) is 0 Å². The van der Waals surface area contributed by atoms with Crippen LogP contribution in [0.1, 0.15) is 58.3 Å². The first-order valence-electron chi connectivity index (χ1n) is 7.28. The predicted octanol–water partition coefficient (Wildman–Crippen LogP) is 3.04. The maximum absolute atomic E-state index is 11.8. The molecule has 0 aromatic rings. The van der Waals surface area contributed by atoms with Crippen molar-refractivity contribution in [3.63, 3.8) is 0 Å². The van der Waals surface area contributed by atoms with Crippen LogP contribution in [-0.2, 0) is 4.79 Å². The number of hydrogen-bond donors (Lipinski definition) is 2. The SMILES string of the molecule is CC1SCCCC1(NC1CCCCCC1)C(=O)O. The molecule has 0 amide bonds. The zero-order chi connectivity index (χ0) is 13.0. The molecule has 1 heterocycles. The summed E-state index contributed by atoms with van der Waals surface area (Å²) < 4.78 is 0. The van der Waals surface area contributed by atoms with Crippen molar-refractivity contribution in [1.29, 1.82) is 0 Å². The van der Waals surface area contributed by atoms with Gasteiger partial charge in [0, 0.05) is 11.3 Å². The van der Waals surface area contributed by atoms with Gasteiger partial charge in [0.25, 0.3) is 0 Å². The van der Waals surface area contributed by atoms with Crippen LogP contribution in [-0.4, -0.2) is 33.7 Å². The van der Waals surface area contributed by atoms with Crippen molar-refractivity contribution in [2.24, 2.45) is 0 Å². The van der Waals surface area contributed by atoms with E-state index in [1.807, 2.05) is 0 Å². The van der Waals surface area contributed by atoms with E-state index < -0.39 is 11.5 Å². The predicted molar refractivity (Wildman–Crippen MR) is 76.1 cm³/mol. The first-order valence-corrected chi connectivity index (χ1v) is 8.33. The molecular formula is C14H25NO2S. The lowest BCUT2D eigenvalue weighted by Gasteiger charge is -2.41. The van der Waals surface area contributed by atoms with Gasteiger partial charge in [-0.15, -0.1) is 0 Å². The minimum absolute atomic E-state index is 0.173. The number of nitrogens with one attached hydrogen (secondary N) is 1. The maximum atomic E-state index is 11.8. The fraction of sp³-hybridized carbons (Fsp3) is 0.929. The van der Waals surface area contributed by atoms with Crippen molar-refractivity contribution >= 4 is 17.7 Å². The maximum Gasteiger partial charge on any atom is 0.325 e. The molecule has 1 saturated heterocycles. The second kappa shape index (κ2) is 6.29. The van der Waals surface area contributed by atoms with E-state index in [-0.39, 0.29) is 5.25 Å². The molecule has 0 radical (unpaired) electrons. The average molecular weight is 271 g/mol. The summed E-state index contributed by atoms with van der Waals surface area (Å²) in [5, 5.41) is 13.4. The third kappa shape index (κ3) is 3.02. The minimum Gasteiger partial charge on any atom is -0.480 e. The van der Waals surface area contributed by atoms with E-state index in [2.05, 4.69) is 12.2 Å². The first-order chi connectivity index (χ1) is 8.65. The third-order valence-corrected chi connectivity index (χ3v) is 5.90. The van der Waals surface area contributed by atoms with Gasteiger partial charge in [0.15, 0.2) is 0 Å². The fourth-order valence-electron chi connectivity index (χ4n) is 3.28. The Morgan fingerprint density at radius 3 is 2.44 bits per heavy atom. The second-order valence-corrected chi connectivity index (χ2v) is 7.17. The molecule has 0 spiro atoms. The molecule has 1 saturated carbocycles. The zero-order valence-corrected chi connectivity index (χ0v) is 12.1. The van der Waals surface area contributed by atoms with E-state index >= 15 is 0 Å². The highest BCUT2D eigenvalue weighted by Gasteiger charge is 2.46. The number of hydrogen-bond acceptors (Lipinski definition) is 3. The lowest BCUT2D eigenvalue weighted by atomic mass is 9.87. The molecule has 18 heavy (non-hydrogen) atoms. The Hall–Kier alpha value is -0.220. The lowest BCUT2D eigenvalue weighted by Crippen LogP contribution is -2.62. The van der Waals surface area contributed by atoms with E-state index in [0.717, 1.165) is 31.4 Å². The fourth-order valence-corrected chi connectivity index (χ4v) is 4.51. The number of rotatable bonds is 3. The number of aliphatic carboxylic acids is 1. The molecule has 2 aliphatic rings. The number of carboxylic acid groups (broad SMARTS) is 1. The van der Waals surface area contributed by atoms with Gasteiger partial charge in [-0.3, -0.25) is 10.1 Å². The van der Waals surface area contributed by atoms with E-state index in [0.29, 0.717) is 6.04 Å². The number of carboxylic acids is 1. The standard InChI is InChI=1S/C14H25NO2S/c1-11-14(13(16)17,9-6-10-18-11)15-12-7-4-2-3-5-8-12/h11-12,15H,2-10H2,1H3,(H,16,17). The highest BCUT2D eigenvalue weighted by molar-refractivity contribution is 8.00. The molecule has 2 N–H and O–H groups in total. The Bertz CT molecular complexity index is 290. The van der Waals surface area contributed by atoms with E-state index in [1.54, 1.807) is 11.8 Å². The van der Waals surface area contributed by atoms with Gasteiger partial charge in [-0.05, 0) is 31.4 Å². The van der Waals surface area contributed by atoms with Crippen molar-refractivity contribution < 1.29 is 9.90 Å². The normalized spacial score (nSPS) is 35.1. The quantitative estimate of drug-likeness (QED) is 0.775. The number of thioether (sulfide) groups is 1. The van der Waals surface area contributed by atoms with Crippen LogP contribution in [0.5, 0.6) is 0 Å². The molecule has 0 aromatic carbocycles. The molecule has 0 bridgehead atoms. The van der Waals surface area contributed by atoms with Crippen molar-refractivity contribution in [3.05, 3.63) is 0 Å². The van der Waals surface area contributed by atoms with Crippen LogP contribution in [0.2, 0.25) is 0 Å². The first kappa shape index (κ1) is 14.2. The van der Waals surface area contributed by atoms with Crippen molar-refractivity contribution in [2.75, 3.05) is 5.75 Å². The smallest absolute Gasteiger partial charge is 0.325 e. The van der Waals surface area contributed by atoms with E-state index in [4.69, 9.17) is 0 Å². The summed E-state index contributed by atoms with van der Waals surface area (Å²) in [5.41, 5.74) is -0.683. The Kier molecular flexibility index (Phi) is 4.96. The Balaban J connectivity index is 2.06. The summed E-state index contributed by atoms with van der Waals surface area (Å²) in [4.78, 5) is 11.8. The average Bonchev–Trinajstić information content (AvgIpc) is 2.60. The monoisotopic (exact) mass is 271 g/mol. The molecule has 2 rings (SSSR count). The van der Waals surface area contributed by atoms with Gasteiger partial charge < -0.3 is 5.11 Å². The van der Waals surface area contributed by atoms with Crippen LogP contribution in [0.25, 0.3) is 0 Å².